The van der Waals surface area contributed by atoms with Crippen molar-refractivity contribution in [3.05, 3.63) is 11.4 Å². The van der Waals surface area contributed by atoms with Crippen LogP contribution in [0.25, 0.3) is 0 Å². The lowest BCUT2D eigenvalue weighted by molar-refractivity contribution is 0.0684. The van der Waals surface area contributed by atoms with Gasteiger partial charge in [0.15, 0.2) is 22.9 Å². The van der Waals surface area contributed by atoms with Crippen LogP contribution in [0.4, 0.5) is 0 Å². The van der Waals surface area contributed by atoms with Gasteiger partial charge in [-0.3, -0.25) is 0 Å². The number of nitrogens with one attached hydrogen (secondary N) is 1. The van der Waals surface area contributed by atoms with Crippen molar-refractivity contribution >= 4 is 11.9 Å². The summed E-state index contributed by atoms with van der Waals surface area (Å²) in [5, 5.41) is 18.4. The summed E-state index contributed by atoms with van der Waals surface area (Å²) in [6, 6.07) is 0. The third-order valence-electron chi connectivity index (χ3n) is 4.23. The van der Waals surface area contributed by atoms with Crippen LogP contribution in [-0.2, 0) is 0 Å². The van der Waals surface area contributed by atoms with E-state index in [-0.39, 0.29) is 28.8 Å². The third-order valence-corrected chi connectivity index (χ3v) is 4.23. The summed E-state index contributed by atoms with van der Waals surface area (Å²) in [4.78, 5) is 24.8. The summed E-state index contributed by atoms with van der Waals surface area (Å²) in [5.41, 5.74) is -0.551. The molecule has 0 saturated heterocycles. The number of aromatic nitrogens is 1. The van der Waals surface area contributed by atoms with E-state index in [1.54, 1.807) is 0 Å². The fourth-order valence-electron chi connectivity index (χ4n) is 2.87. The zero-order valence-corrected chi connectivity index (χ0v) is 14.0. The number of aromatic amines is 1. The number of carbonyl (C=O) groups is 2. The third kappa shape index (κ3) is 4.43. The summed E-state index contributed by atoms with van der Waals surface area (Å²) in [6.45, 7) is 2.85. The van der Waals surface area contributed by atoms with Gasteiger partial charge in [-0.1, -0.05) is 45.4 Å². The van der Waals surface area contributed by atoms with Gasteiger partial charge in [0.1, 0.15) is 0 Å². The first-order valence-electron chi connectivity index (χ1n) is 8.52. The Kier molecular flexibility index (Phi) is 6.52. The fraction of sp³-hybridized carbons (Fsp3) is 0.647. The molecule has 3 N–H and O–H groups in total. The molecule has 1 aliphatic rings. The Morgan fingerprint density at radius 3 is 1.96 bits per heavy atom. The highest BCUT2D eigenvalue weighted by atomic mass is 16.5. The first-order chi connectivity index (χ1) is 11.5. The Hall–Kier alpha value is -2.18. The van der Waals surface area contributed by atoms with E-state index in [0.29, 0.717) is 13.2 Å². The van der Waals surface area contributed by atoms with Crippen LogP contribution < -0.4 is 9.47 Å². The summed E-state index contributed by atoms with van der Waals surface area (Å²) in [5.74, 6) is -2.42. The molecule has 1 aromatic rings. The van der Waals surface area contributed by atoms with Gasteiger partial charge in [0.25, 0.3) is 0 Å². The number of carboxylic acid groups (broad SMARTS) is 2. The van der Waals surface area contributed by atoms with Gasteiger partial charge in [-0.15, -0.1) is 0 Å². The molecule has 1 aliphatic heterocycles. The van der Waals surface area contributed by atoms with Crippen molar-refractivity contribution < 1.29 is 29.3 Å². The van der Waals surface area contributed by atoms with Crippen LogP contribution in [0.15, 0.2) is 0 Å². The molecule has 0 unspecified atom stereocenters. The summed E-state index contributed by atoms with van der Waals surface area (Å²) in [6.07, 6.45) is 8.10. The molecule has 7 heteroatoms. The molecule has 134 valence electrons. The van der Waals surface area contributed by atoms with Crippen molar-refractivity contribution in [2.24, 2.45) is 5.92 Å². The molecule has 0 aromatic carbocycles. The predicted octanol–water partition coefficient (Wildman–Crippen LogP) is 3.55. The van der Waals surface area contributed by atoms with Gasteiger partial charge in [-0.05, 0) is 6.42 Å². The second-order valence-electron chi connectivity index (χ2n) is 6.19. The van der Waals surface area contributed by atoms with Gasteiger partial charge in [0, 0.05) is 5.92 Å². The van der Waals surface area contributed by atoms with Crippen molar-refractivity contribution in [3.63, 3.8) is 0 Å². The van der Waals surface area contributed by atoms with E-state index < -0.39 is 11.9 Å². The van der Waals surface area contributed by atoms with Gasteiger partial charge >= 0.3 is 11.9 Å². The van der Waals surface area contributed by atoms with Gasteiger partial charge < -0.3 is 24.7 Å². The van der Waals surface area contributed by atoms with Gasteiger partial charge in [-0.25, -0.2) is 9.59 Å². The van der Waals surface area contributed by atoms with E-state index >= 15 is 0 Å². The Morgan fingerprint density at radius 2 is 1.46 bits per heavy atom. The summed E-state index contributed by atoms with van der Waals surface area (Å²) < 4.78 is 11.2. The van der Waals surface area contributed by atoms with Crippen molar-refractivity contribution in [2.45, 2.75) is 51.9 Å². The van der Waals surface area contributed by atoms with Crippen LogP contribution in [0.3, 0.4) is 0 Å². The largest absolute Gasteiger partial charge is 0.487 e. The van der Waals surface area contributed by atoms with Crippen molar-refractivity contribution in [1.82, 2.24) is 4.98 Å². The first-order valence-corrected chi connectivity index (χ1v) is 8.52. The highest BCUT2D eigenvalue weighted by Crippen LogP contribution is 2.38. The minimum atomic E-state index is -1.27. The number of carboxylic acids is 2. The van der Waals surface area contributed by atoms with Crippen LogP contribution in [0.2, 0.25) is 0 Å². The molecule has 0 saturated carbocycles. The van der Waals surface area contributed by atoms with Gasteiger partial charge in [0.2, 0.25) is 0 Å². The Balaban J connectivity index is 1.93. The Labute approximate surface area is 141 Å². The minimum Gasteiger partial charge on any atom is -0.487 e. The normalized spacial score (nSPS) is 14.4. The number of fused-ring (bicyclic) bond motifs is 1. The van der Waals surface area contributed by atoms with Crippen LogP contribution >= 0.6 is 0 Å². The number of unbranched alkanes of at least 4 members (excludes halogenated alkanes) is 5. The van der Waals surface area contributed by atoms with E-state index in [2.05, 4.69) is 11.9 Å². The maximum absolute atomic E-state index is 11.2. The van der Waals surface area contributed by atoms with Crippen molar-refractivity contribution in [1.29, 1.82) is 0 Å². The van der Waals surface area contributed by atoms with E-state index in [4.69, 9.17) is 9.47 Å². The van der Waals surface area contributed by atoms with Crippen LogP contribution in [-0.4, -0.2) is 40.3 Å². The van der Waals surface area contributed by atoms with Crippen molar-refractivity contribution in [2.75, 3.05) is 13.2 Å². The van der Waals surface area contributed by atoms with Gasteiger partial charge in [-0.2, -0.15) is 0 Å². The first kappa shape index (κ1) is 18.2. The smallest absolute Gasteiger partial charge is 0.356 e. The molecule has 0 spiro atoms. The van der Waals surface area contributed by atoms with Gasteiger partial charge in [0.05, 0.1) is 13.2 Å². The van der Waals surface area contributed by atoms with E-state index in [9.17, 15) is 19.8 Å². The Bertz CT molecular complexity index is 539. The maximum atomic E-state index is 11.2. The fourth-order valence-corrected chi connectivity index (χ4v) is 2.87. The molecule has 24 heavy (non-hydrogen) atoms. The number of H-pyrrole nitrogens is 1. The molecule has 0 amide bonds. The van der Waals surface area contributed by atoms with E-state index in [0.717, 1.165) is 19.3 Å². The molecule has 0 fully saturated rings. The number of rotatable bonds is 9. The standard InChI is InChI=1S/C17H25NO6/c1-2-3-4-5-6-7-8-11-9-23-14-12(16(19)20)18-13(17(21)22)15(14)24-10-11/h11,18H,2-10H2,1H3,(H,19,20)(H,21,22). The second-order valence-corrected chi connectivity index (χ2v) is 6.19. The summed E-state index contributed by atoms with van der Waals surface area (Å²) >= 11 is 0. The number of ether oxygens (including phenoxy) is 2. The molecule has 2 heterocycles. The predicted molar refractivity (Wildman–Crippen MR) is 87.2 cm³/mol. The summed E-state index contributed by atoms with van der Waals surface area (Å²) in [7, 11) is 0. The molecular weight excluding hydrogens is 314 g/mol. The number of hydrogen-bond acceptors (Lipinski definition) is 4. The molecular formula is C17H25NO6. The molecule has 1 aromatic heterocycles. The minimum absolute atomic E-state index is 0.00894. The van der Waals surface area contributed by atoms with E-state index in [1.165, 1.54) is 25.7 Å². The van der Waals surface area contributed by atoms with Crippen LogP contribution in [0, 0.1) is 5.92 Å². The molecule has 0 radical (unpaired) electrons. The van der Waals surface area contributed by atoms with Crippen LogP contribution in [0.1, 0.15) is 72.8 Å². The maximum Gasteiger partial charge on any atom is 0.356 e. The quantitative estimate of drug-likeness (QED) is 0.594. The van der Waals surface area contributed by atoms with E-state index in [1.807, 2.05) is 0 Å². The zero-order valence-electron chi connectivity index (χ0n) is 14.0. The average molecular weight is 339 g/mol. The molecule has 0 bridgehead atoms. The zero-order chi connectivity index (χ0) is 17.5. The second kappa shape index (κ2) is 8.61. The number of aromatic carboxylic acids is 2. The topological polar surface area (TPSA) is 109 Å². The average Bonchev–Trinajstić information content (AvgIpc) is 2.80. The SMILES string of the molecule is CCCCCCCCC1COc2c(C(=O)O)[nH]c(C(=O)O)c2OC1. The molecule has 0 aliphatic carbocycles. The monoisotopic (exact) mass is 339 g/mol. The molecule has 7 nitrogen and oxygen atoms in total. The highest BCUT2D eigenvalue weighted by molar-refractivity contribution is 5.97. The lowest BCUT2D eigenvalue weighted by Crippen LogP contribution is -2.18. The lowest BCUT2D eigenvalue weighted by Gasteiger charge is -2.13. The lowest BCUT2D eigenvalue weighted by atomic mass is 10.0. The van der Waals surface area contributed by atoms with Crippen molar-refractivity contribution in [3.8, 4) is 11.5 Å². The number of hydrogen-bond donors (Lipinski definition) is 3. The highest BCUT2D eigenvalue weighted by Gasteiger charge is 2.31. The Morgan fingerprint density at radius 1 is 0.958 bits per heavy atom. The molecule has 2 rings (SSSR count). The molecule has 0 atom stereocenters. The van der Waals surface area contributed by atoms with Crippen LogP contribution in [0.5, 0.6) is 11.5 Å².